The van der Waals surface area contributed by atoms with Gasteiger partial charge in [-0.3, -0.25) is 4.99 Å². The molecule has 92 valence electrons. The molecule has 0 radical (unpaired) electrons. The summed E-state index contributed by atoms with van der Waals surface area (Å²) in [5, 5.41) is 0. The number of benzene rings is 1. The van der Waals surface area contributed by atoms with E-state index in [0.29, 0.717) is 0 Å². The molecule has 0 aromatic heterocycles. The Bertz CT molecular complexity index is 502. The summed E-state index contributed by atoms with van der Waals surface area (Å²) in [5.74, 6) is 0. The molecule has 0 spiro atoms. The largest absolute Gasteiger partial charge is 0.288 e. The van der Waals surface area contributed by atoms with Crippen LogP contribution in [-0.2, 0) is 0 Å². The lowest BCUT2D eigenvalue weighted by Crippen LogP contribution is -1.98. The van der Waals surface area contributed by atoms with Gasteiger partial charge in [-0.1, -0.05) is 61.7 Å². The first-order valence-electron chi connectivity index (χ1n) is 5.88. The molecule has 0 amide bonds. The van der Waals surface area contributed by atoms with Crippen LogP contribution in [0.1, 0.15) is 12.5 Å². The van der Waals surface area contributed by atoms with Crippen LogP contribution in [0.2, 0.25) is 0 Å². The smallest absolute Gasteiger partial charge is 0.0645 e. The lowest BCUT2D eigenvalue weighted by Gasteiger charge is -2.04. The molecule has 0 fully saturated rings. The van der Waals surface area contributed by atoms with Gasteiger partial charge in [0.2, 0.25) is 0 Å². The van der Waals surface area contributed by atoms with Crippen LogP contribution in [-0.4, -0.2) is 12.8 Å². The Hall–Kier alpha value is -2.15. The number of aliphatic imine (C=N–C) groups is 1. The van der Waals surface area contributed by atoms with Crippen molar-refractivity contribution in [3.05, 3.63) is 84.5 Å². The molecular weight excluding hydrogens is 218 g/mol. The highest BCUT2D eigenvalue weighted by molar-refractivity contribution is 6.09. The van der Waals surface area contributed by atoms with Crippen molar-refractivity contribution in [2.24, 2.45) is 4.99 Å². The molecule has 0 unspecified atom stereocenters. The third kappa shape index (κ3) is 4.02. The molecule has 0 bridgehead atoms. The van der Waals surface area contributed by atoms with Crippen LogP contribution in [0.5, 0.6) is 0 Å². The summed E-state index contributed by atoms with van der Waals surface area (Å²) < 4.78 is 0. The molecule has 1 aromatic carbocycles. The highest BCUT2D eigenvalue weighted by Gasteiger charge is 2.00. The van der Waals surface area contributed by atoms with Gasteiger partial charge in [0.25, 0.3) is 0 Å². The summed E-state index contributed by atoms with van der Waals surface area (Å²) in [4.78, 5) is 4.32. The molecule has 1 rings (SSSR count). The van der Waals surface area contributed by atoms with Crippen LogP contribution in [0.15, 0.2) is 83.9 Å². The van der Waals surface area contributed by atoms with Crippen LogP contribution in [0.3, 0.4) is 0 Å². The summed E-state index contributed by atoms with van der Waals surface area (Å²) in [6.45, 7) is 9.69. The molecule has 0 aliphatic heterocycles. The number of hydrogen-bond acceptors (Lipinski definition) is 1. The molecule has 0 saturated carbocycles. The van der Waals surface area contributed by atoms with Gasteiger partial charge in [-0.2, -0.15) is 0 Å². The van der Waals surface area contributed by atoms with Gasteiger partial charge in [0.05, 0.1) is 5.71 Å². The Morgan fingerprint density at radius 2 is 1.89 bits per heavy atom. The molecule has 1 aromatic rings. The molecule has 0 aliphatic rings. The van der Waals surface area contributed by atoms with Crippen molar-refractivity contribution < 1.29 is 0 Å². The zero-order chi connectivity index (χ0) is 13.4. The van der Waals surface area contributed by atoms with Gasteiger partial charge in [0.1, 0.15) is 0 Å². The van der Waals surface area contributed by atoms with Crippen LogP contribution in [0.4, 0.5) is 0 Å². The van der Waals surface area contributed by atoms with E-state index in [1.807, 2.05) is 43.4 Å². The van der Waals surface area contributed by atoms with Crippen molar-refractivity contribution >= 4 is 5.71 Å². The van der Waals surface area contributed by atoms with Crippen molar-refractivity contribution in [3.8, 4) is 0 Å². The fourth-order valence-corrected chi connectivity index (χ4v) is 1.50. The summed E-state index contributed by atoms with van der Waals surface area (Å²) in [6.07, 6.45) is 7.61. The Kier molecular flexibility index (Phi) is 5.59. The Morgan fingerprint density at radius 3 is 2.44 bits per heavy atom. The number of allylic oxidation sites excluding steroid dienone is 6. The zero-order valence-corrected chi connectivity index (χ0v) is 11.1. The summed E-state index contributed by atoms with van der Waals surface area (Å²) in [5.41, 5.74) is 4.13. The van der Waals surface area contributed by atoms with Gasteiger partial charge in [-0.25, -0.2) is 0 Å². The number of hydrogen-bond donors (Lipinski definition) is 0. The van der Waals surface area contributed by atoms with Gasteiger partial charge in [0, 0.05) is 7.05 Å². The normalized spacial score (nSPS) is 12.8. The van der Waals surface area contributed by atoms with E-state index in [9.17, 15) is 0 Å². The standard InChI is InChI=1S/C17H19N/c1-5-6-10-14(2)15(3)13-17(18-4)16-11-8-7-9-12-16/h5-13H,1-2H2,3-4H3/b10-6-,15-13+,18-17?. The number of rotatable bonds is 5. The van der Waals surface area contributed by atoms with Crippen molar-refractivity contribution in [1.82, 2.24) is 0 Å². The van der Waals surface area contributed by atoms with E-state index < -0.39 is 0 Å². The molecule has 0 saturated heterocycles. The fourth-order valence-electron chi connectivity index (χ4n) is 1.50. The second kappa shape index (κ2) is 7.23. The van der Waals surface area contributed by atoms with E-state index in [1.54, 1.807) is 13.1 Å². The molecule has 1 heteroatoms. The minimum absolute atomic E-state index is 0.959. The summed E-state index contributed by atoms with van der Waals surface area (Å²) >= 11 is 0. The Labute approximate surface area is 110 Å². The van der Waals surface area contributed by atoms with E-state index in [1.165, 1.54) is 0 Å². The van der Waals surface area contributed by atoms with Crippen LogP contribution < -0.4 is 0 Å². The van der Waals surface area contributed by atoms with Crippen molar-refractivity contribution in [2.75, 3.05) is 7.05 Å². The van der Waals surface area contributed by atoms with E-state index in [2.05, 4.69) is 30.3 Å². The van der Waals surface area contributed by atoms with E-state index in [-0.39, 0.29) is 0 Å². The third-order valence-electron chi connectivity index (χ3n) is 2.60. The van der Waals surface area contributed by atoms with E-state index in [4.69, 9.17) is 0 Å². The van der Waals surface area contributed by atoms with Crippen LogP contribution in [0.25, 0.3) is 0 Å². The maximum Gasteiger partial charge on any atom is 0.0645 e. The average Bonchev–Trinajstić information content (AvgIpc) is 2.42. The summed E-state index contributed by atoms with van der Waals surface area (Å²) in [7, 11) is 1.80. The maximum absolute atomic E-state index is 4.32. The Morgan fingerprint density at radius 1 is 1.22 bits per heavy atom. The van der Waals surface area contributed by atoms with Gasteiger partial charge >= 0.3 is 0 Å². The predicted octanol–water partition coefficient (Wildman–Crippen LogP) is 4.35. The van der Waals surface area contributed by atoms with Gasteiger partial charge in [0.15, 0.2) is 0 Å². The SMILES string of the molecule is C=C/C=C\C(=C)/C(C)=C/C(=NC)c1ccccc1. The molecule has 0 aliphatic carbocycles. The van der Waals surface area contributed by atoms with Crippen molar-refractivity contribution in [2.45, 2.75) is 6.92 Å². The quantitative estimate of drug-likeness (QED) is 0.533. The first kappa shape index (κ1) is 13.9. The van der Waals surface area contributed by atoms with E-state index >= 15 is 0 Å². The predicted molar refractivity (Wildman–Crippen MR) is 81.1 cm³/mol. The highest BCUT2D eigenvalue weighted by atomic mass is 14.7. The molecular formula is C17H19N. The second-order valence-corrected chi connectivity index (χ2v) is 3.92. The van der Waals surface area contributed by atoms with Crippen LogP contribution >= 0.6 is 0 Å². The Balaban J connectivity index is 2.96. The van der Waals surface area contributed by atoms with Crippen molar-refractivity contribution in [1.29, 1.82) is 0 Å². The molecule has 0 N–H and O–H groups in total. The highest BCUT2D eigenvalue weighted by Crippen LogP contribution is 2.11. The maximum atomic E-state index is 4.32. The van der Waals surface area contributed by atoms with E-state index in [0.717, 1.165) is 22.4 Å². The second-order valence-electron chi connectivity index (χ2n) is 3.92. The third-order valence-corrected chi connectivity index (χ3v) is 2.60. The van der Waals surface area contributed by atoms with Gasteiger partial charge < -0.3 is 0 Å². The minimum Gasteiger partial charge on any atom is -0.288 e. The topological polar surface area (TPSA) is 12.4 Å². The lowest BCUT2D eigenvalue weighted by atomic mass is 10.0. The molecule has 1 nitrogen and oxygen atoms in total. The number of nitrogens with zero attached hydrogens (tertiary/aromatic N) is 1. The average molecular weight is 237 g/mol. The molecule has 0 atom stereocenters. The first-order valence-corrected chi connectivity index (χ1v) is 5.88. The minimum atomic E-state index is 0.959. The molecule has 18 heavy (non-hydrogen) atoms. The van der Waals surface area contributed by atoms with Gasteiger partial charge in [-0.05, 0) is 29.7 Å². The summed E-state index contributed by atoms with van der Waals surface area (Å²) in [6, 6.07) is 10.1. The fraction of sp³-hybridized carbons (Fsp3) is 0.118. The monoisotopic (exact) mass is 237 g/mol. The lowest BCUT2D eigenvalue weighted by molar-refractivity contribution is 1.40. The van der Waals surface area contributed by atoms with Crippen molar-refractivity contribution in [3.63, 3.8) is 0 Å². The van der Waals surface area contributed by atoms with Gasteiger partial charge in [-0.15, -0.1) is 0 Å². The van der Waals surface area contributed by atoms with Crippen LogP contribution in [0, 0.1) is 0 Å². The molecule has 0 heterocycles. The zero-order valence-electron chi connectivity index (χ0n) is 11.1. The first-order chi connectivity index (χ1) is 8.69.